The van der Waals surface area contributed by atoms with E-state index in [0.717, 1.165) is 36.0 Å². The number of aryl methyl sites for hydroxylation is 2. The van der Waals surface area contributed by atoms with Crippen LogP contribution in [0.2, 0.25) is 0 Å². The summed E-state index contributed by atoms with van der Waals surface area (Å²) in [5.74, 6) is 1.02. The van der Waals surface area contributed by atoms with Crippen molar-refractivity contribution >= 4 is 11.5 Å². The summed E-state index contributed by atoms with van der Waals surface area (Å²) in [7, 11) is 1.80. The maximum atomic E-state index is 5.46. The molecule has 21 heavy (non-hydrogen) atoms. The number of nitrogens with one attached hydrogen (secondary N) is 1. The van der Waals surface area contributed by atoms with Crippen molar-refractivity contribution in [2.75, 3.05) is 25.6 Å². The number of methoxy groups -OCH3 is 1. The molecule has 5 heteroatoms. The Labute approximate surface area is 125 Å². The molecule has 5 nitrogen and oxygen atoms in total. The zero-order chi connectivity index (χ0) is 14.9. The number of hydrogen-bond donors (Lipinski definition) is 1. The maximum absolute atomic E-state index is 5.46. The fraction of sp³-hybridized carbons (Fsp3) is 0.625. The molecule has 114 valence electrons. The van der Waals surface area contributed by atoms with Gasteiger partial charge < -0.3 is 10.1 Å². The van der Waals surface area contributed by atoms with Crippen molar-refractivity contribution in [3.63, 3.8) is 0 Å². The van der Waals surface area contributed by atoms with Crippen molar-refractivity contribution < 1.29 is 4.74 Å². The summed E-state index contributed by atoms with van der Waals surface area (Å²) in [6, 6.07) is 4.08. The fourth-order valence-electron chi connectivity index (χ4n) is 3.42. The smallest absolute Gasteiger partial charge is 0.157 e. The minimum Gasteiger partial charge on any atom is -0.384 e. The van der Waals surface area contributed by atoms with Crippen LogP contribution in [0.25, 0.3) is 5.65 Å². The average molecular weight is 288 g/mol. The minimum absolute atomic E-state index is 0.264. The van der Waals surface area contributed by atoms with Crippen LogP contribution in [0, 0.1) is 19.3 Å². The third-order valence-electron chi connectivity index (χ3n) is 4.44. The molecule has 0 aromatic carbocycles. The van der Waals surface area contributed by atoms with E-state index in [2.05, 4.69) is 21.5 Å². The van der Waals surface area contributed by atoms with E-state index < -0.39 is 0 Å². The summed E-state index contributed by atoms with van der Waals surface area (Å²) in [5.41, 5.74) is 3.17. The molecule has 2 aromatic rings. The Balaban J connectivity index is 1.84. The van der Waals surface area contributed by atoms with Crippen molar-refractivity contribution in [1.29, 1.82) is 0 Å². The van der Waals surface area contributed by atoms with Gasteiger partial charge in [-0.3, -0.25) is 0 Å². The van der Waals surface area contributed by atoms with Gasteiger partial charge in [-0.1, -0.05) is 12.8 Å². The van der Waals surface area contributed by atoms with Gasteiger partial charge in [-0.05, 0) is 26.7 Å². The highest BCUT2D eigenvalue weighted by Crippen LogP contribution is 2.38. The maximum Gasteiger partial charge on any atom is 0.157 e. The lowest BCUT2D eigenvalue weighted by Crippen LogP contribution is -2.32. The van der Waals surface area contributed by atoms with Crippen LogP contribution in [0.5, 0.6) is 0 Å². The number of fused-ring (bicyclic) bond motifs is 1. The Morgan fingerprint density at radius 2 is 2.00 bits per heavy atom. The van der Waals surface area contributed by atoms with Gasteiger partial charge in [0.25, 0.3) is 0 Å². The molecule has 1 aliphatic carbocycles. The summed E-state index contributed by atoms with van der Waals surface area (Å²) in [6.45, 7) is 5.77. The van der Waals surface area contributed by atoms with Crippen molar-refractivity contribution in [3.05, 3.63) is 23.5 Å². The van der Waals surface area contributed by atoms with E-state index in [1.165, 1.54) is 25.7 Å². The number of rotatable bonds is 5. The number of ether oxygens (including phenoxy) is 1. The molecule has 3 rings (SSSR count). The highest BCUT2D eigenvalue weighted by Gasteiger charge is 2.33. The van der Waals surface area contributed by atoms with E-state index in [1.807, 2.05) is 24.4 Å². The molecule has 0 radical (unpaired) electrons. The first-order chi connectivity index (χ1) is 10.1. The highest BCUT2D eigenvalue weighted by atomic mass is 16.5. The van der Waals surface area contributed by atoms with Gasteiger partial charge in [0.05, 0.1) is 12.3 Å². The monoisotopic (exact) mass is 288 g/mol. The molecule has 0 unspecified atom stereocenters. The second-order valence-electron chi connectivity index (χ2n) is 6.33. The molecule has 0 bridgehead atoms. The molecular formula is C16H24N4O. The van der Waals surface area contributed by atoms with Crippen LogP contribution in [0.15, 0.2) is 12.1 Å². The third-order valence-corrected chi connectivity index (χ3v) is 4.44. The van der Waals surface area contributed by atoms with Crippen molar-refractivity contribution in [2.24, 2.45) is 5.41 Å². The predicted molar refractivity (Wildman–Crippen MR) is 83.7 cm³/mol. The molecule has 2 aromatic heterocycles. The normalized spacial score (nSPS) is 17.5. The number of hydrogen-bond acceptors (Lipinski definition) is 4. The zero-order valence-electron chi connectivity index (χ0n) is 13.1. The number of anilines is 1. The minimum atomic E-state index is 0.264. The van der Waals surface area contributed by atoms with E-state index in [1.54, 1.807) is 7.11 Å². The molecule has 1 aliphatic rings. The lowest BCUT2D eigenvalue weighted by atomic mass is 9.87. The second-order valence-corrected chi connectivity index (χ2v) is 6.33. The van der Waals surface area contributed by atoms with E-state index in [-0.39, 0.29) is 5.41 Å². The quantitative estimate of drug-likeness (QED) is 0.919. The summed E-state index contributed by atoms with van der Waals surface area (Å²) in [4.78, 5) is 4.53. The van der Waals surface area contributed by atoms with Crippen LogP contribution in [0.3, 0.4) is 0 Å². The van der Waals surface area contributed by atoms with Gasteiger partial charge in [-0.2, -0.15) is 9.61 Å². The first-order valence-corrected chi connectivity index (χ1v) is 7.69. The Hall–Kier alpha value is -1.62. The summed E-state index contributed by atoms with van der Waals surface area (Å²) in [5, 5.41) is 8.12. The Morgan fingerprint density at radius 1 is 1.24 bits per heavy atom. The SMILES string of the molecule is COCC1(CNc2cc(C)nc3cc(C)nn23)CCCC1. The number of aromatic nitrogens is 3. The predicted octanol–water partition coefficient (Wildman–Crippen LogP) is 2.96. The first-order valence-electron chi connectivity index (χ1n) is 7.69. The van der Waals surface area contributed by atoms with Gasteiger partial charge in [0, 0.05) is 36.9 Å². The molecule has 0 amide bonds. The van der Waals surface area contributed by atoms with Crippen LogP contribution in [-0.2, 0) is 4.74 Å². The lowest BCUT2D eigenvalue weighted by Gasteiger charge is -2.28. The Kier molecular flexibility index (Phi) is 3.85. The molecule has 1 N–H and O–H groups in total. The molecule has 0 aliphatic heterocycles. The fourth-order valence-corrected chi connectivity index (χ4v) is 3.42. The van der Waals surface area contributed by atoms with Crippen LogP contribution in [0.1, 0.15) is 37.1 Å². The molecular weight excluding hydrogens is 264 g/mol. The van der Waals surface area contributed by atoms with Gasteiger partial charge in [0.15, 0.2) is 5.65 Å². The van der Waals surface area contributed by atoms with Crippen LogP contribution < -0.4 is 5.32 Å². The molecule has 1 saturated carbocycles. The largest absolute Gasteiger partial charge is 0.384 e. The van der Waals surface area contributed by atoms with Crippen LogP contribution >= 0.6 is 0 Å². The van der Waals surface area contributed by atoms with E-state index >= 15 is 0 Å². The standard InChI is InChI=1S/C16H24N4O/c1-12-8-14(20-15(18-12)9-13(2)19-20)17-10-16(11-21-3)6-4-5-7-16/h8-9,17H,4-7,10-11H2,1-3H3. The Morgan fingerprint density at radius 3 is 2.71 bits per heavy atom. The molecule has 2 heterocycles. The van der Waals surface area contributed by atoms with Crippen LogP contribution in [0.4, 0.5) is 5.82 Å². The third kappa shape index (κ3) is 2.88. The van der Waals surface area contributed by atoms with Crippen LogP contribution in [-0.4, -0.2) is 34.9 Å². The molecule has 0 saturated heterocycles. The Bertz CT molecular complexity index is 628. The van der Waals surface area contributed by atoms with Crippen molar-refractivity contribution in [2.45, 2.75) is 39.5 Å². The summed E-state index contributed by atoms with van der Waals surface area (Å²) >= 11 is 0. The van der Waals surface area contributed by atoms with E-state index in [0.29, 0.717) is 0 Å². The van der Waals surface area contributed by atoms with Gasteiger partial charge in [-0.25, -0.2) is 4.98 Å². The van der Waals surface area contributed by atoms with Gasteiger partial charge >= 0.3 is 0 Å². The van der Waals surface area contributed by atoms with Crippen molar-refractivity contribution in [1.82, 2.24) is 14.6 Å². The van der Waals surface area contributed by atoms with Crippen molar-refractivity contribution in [3.8, 4) is 0 Å². The van der Waals surface area contributed by atoms with Gasteiger partial charge in [-0.15, -0.1) is 0 Å². The first kappa shape index (κ1) is 14.3. The number of nitrogens with zero attached hydrogens (tertiary/aromatic N) is 3. The van der Waals surface area contributed by atoms with E-state index in [9.17, 15) is 0 Å². The van der Waals surface area contributed by atoms with Gasteiger partial charge in [0.1, 0.15) is 5.82 Å². The zero-order valence-corrected chi connectivity index (χ0v) is 13.1. The molecule has 0 spiro atoms. The highest BCUT2D eigenvalue weighted by molar-refractivity contribution is 5.50. The lowest BCUT2D eigenvalue weighted by molar-refractivity contribution is 0.0922. The average Bonchev–Trinajstić information content (AvgIpc) is 3.03. The molecule has 1 fully saturated rings. The molecule has 0 atom stereocenters. The van der Waals surface area contributed by atoms with E-state index in [4.69, 9.17) is 4.74 Å². The topological polar surface area (TPSA) is 51.5 Å². The second kappa shape index (κ2) is 5.64. The summed E-state index contributed by atoms with van der Waals surface area (Å²) < 4.78 is 7.36. The summed E-state index contributed by atoms with van der Waals surface area (Å²) in [6.07, 6.45) is 5.08. The van der Waals surface area contributed by atoms with Gasteiger partial charge in [0.2, 0.25) is 0 Å².